The number of allylic oxidation sites excluding steroid dienone is 4. The topological polar surface area (TPSA) is 12.4 Å². The van der Waals surface area contributed by atoms with Crippen LogP contribution in [0.25, 0.3) is 0 Å². The van der Waals surface area contributed by atoms with E-state index in [1.165, 1.54) is 0 Å². The third-order valence-electron chi connectivity index (χ3n) is 1.14. The van der Waals surface area contributed by atoms with Gasteiger partial charge in [0.25, 0.3) is 0 Å². The van der Waals surface area contributed by atoms with E-state index in [4.69, 9.17) is 0 Å². The van der Waals surface area contributed by atoms with Crippen molar-refractivity contribution in [2.24, 2.45) is 4.99 Å². The van der Waals surface area contributed by atoms with Crippen molar-refractivity contribution in [1.82, 2.24) is 0 Å². The van der Waals surface area contributed by atoms with Crippen LogP contribution in [0.4, 0.5) is 0 Å². The molecule has 0 saturated carbocycles. The van der Waals surface area contributed by atoms with Crippen molar-refractivity contribution < 1.29 is 0 Å². The van der Waals surface area contributed by atoms with E-state index in [-0.39, 0.29) is 0 Å². The van der Waals surface area contributed by atoms with Crippen LogP contribution in [-0.2, 0) is 0 Å². The molecule has 0 unspecified atom stereocenters. The second-order valence-electron chi connectivity index (χ2n) is 2.08. The molecule has 18 heavy (non-hydrogen) atoms. The molecular formula is C17H31N. The van der Waals surface area contributed by atoms with Crippen molar-refractivity contribution in [3.05, 3.63) is 61.9 Å². The van der Waals surface area contributed by atoms with Crippen molar-refractivity contribution in [2.45, 2.75) is 41.5 Å². The lowest BCUT2D eigenvalue weighted by molar-refractivity contribution is 1.39. The molecule has 0 N–H and O–H groups in total. The Morgan fingerprint density at radius 1 is 0.833 bits per heavy atom. The quantitative estimate of drug-likeness (QED) is 0.410. The smallest absolute Gasteiger partial charge is 0.0624 e. The van der Waals surface area contributed by atoms with Crippen LogP contribution in [0.2, 0.25) is 0 Å². The number of nitrogens with zero attached hydrogens (tertiary/aromatic N) is 1. The molecule has 0 amide bonds. The molecule has 1 heteroatoms. The van der Waals surface area contributed by atoms with E-state index in [1.807, 2.05) is 41.5 Å². The summed E-state index contributed by atoms with van der Waals surface area (Å²) < 4.78 is 0. The average molecular weight is 249 g/mol. The number of hydrogen-bond donors (Lipinski definition) is 0. The molecule has 0 aromatic heterocycles. The van der Waals surface area contributed by atoms with Crippen LogP contribution in [0.3, 0.4) is 0 Å². The first-order valence-corrected chi connectivity index (χ1v) is 6.54. The van der Waals surface area contributed by atoms with E-state index in [0.717, 1.165) is 5.57 Å². The van der Waals surface area contributed by atoms with Crippen molar-refractivity contribution >= 4 is 6.21 Å². The zero-order valence-electron chi connectivity index (χ0n) is 13.2. The Balaban J connectivity index is -0.000000141. The molecule has 0 aromatic rings. The molecule has 1 nitrogen and oxygen atoms in total. The Morgan fingerprint density at radius 3 is 1.61 bits per heavy atom. The second kappa shape index (κ2) is 29.5. The van der Waals surface area contributed by atoms with E-state index in [2.05, 4.69) is 31.3 Å². The summed E-state index contributed by atoms with van der Waals surface area (Å²) in [5, 5.41) is 0. The van der Waals surface area contributed by atoms with Gasteiger partial charge in [0.2, 0.25) is 0 Å². The van der Waals surface area contributed by atoms with Gasteiger partial charge >= 0.3 is 0 Å². The largest absolute Gasteiger partial charge is 0.257 e. The molecule has 0 aliphatic rings. The molecule has 0 aromatic carbocycles. The zero-order chi connectivity index (χ0) is 15.4. The highest BCUT2D eigenvalue weighted by molar-refractivity contribution is 5.72. The van der Waals surface area contributed by atoms with Gasteiger partial charge in [0.1, 0.15) is 0 Å². The van der Waals surface area contributed by atoms with Gasteiger partial charge in [-0.3, -0.25) is 4.99 Å². The zero-order valence-corrected chi connectivity index (χ0v) is 13.2. The number of aliphatic imine (C=N–C) groups is 1. The van der Waals surface area contributed by atoms with Crippen molar-refractivity contribution in [1.29, 1.82) is 0 Å². The molecule has 0 spiro atoms. The van der Waals surface area contributed by atoms with Gasteiger partial charge in [-0.15, -0.1) is 0 Å². The first-order chi connectivity index (χ1) is 8.72. The van der Waals surface area contributed by atoms with Crippen LogP contribution >= 0.6 is 0 Å². The van der Waals surface area contributed by atoms with E-state index in [1.54, 1.807) is 30.5 Å². The second-order valence-corrected chi connectivity index (χ2v) is 2.08. The highest BCUT2D eigenvalue weighted by Gasteiger charge is 1.89. The number of rotatable bonds is 5. The average Bonchev–Trinajstić information content (AvgIpc) is 2.48. The normalized spacial score (nSPS) is 7.89. The summed E-state index contributed by atoms with van der Waals surface area (Å²) in [6.45, 7) is 26.5. The molecule has 0 radical (unpaired) electrons. The highest BCUT2D eigenvalue weighted by Crippen LogP contribution is 2.07. The maximum Gasteiger partial charge on any atom is 0.0624 e. The van der Waals surface area contributed by atoms with E-state index in [0.29, 0.717) is 5.70 Å². The Labute approximate surface area is 115 Å². The number of hydrogen-bond acceptors (Lipinski definition) is 1. The predicted molar refractivity (Wildman–Crippen MR) is 90.4 cm³/mol. The van der Waals surface area contributed by atoms with Crippen LogP contribution < -0.4 is 0 Å². The van der Waals surface area contributed by atoms with Crippen LogP contribution in [0.1, 0.15) is 41.5 Å². The summed E-state index contributed by atoms with van der Waals surface area (Å²) in [6, 6.07) is 0. The Kier molecular flexibility index (Phi) is 41.4. The lowest BCUT2D eigenvalue weighted by Crippen LogP contribution is -1.78. The van der Waals surface area contributed by atoms with E-state index in [9.17, 15) is 0 Å². The molecule has 0 atom stereocenters. The van der Waals surface area contributed by atoms with Crippen molar-refractivity contribution in [3.63, 3.8) is 0 Å². The Bertz CT molecular complexity index is 227. The summed E-state index contributed by atoms with van der Waals surface area (Å²) in [5.41, 5.74) is 1.40. The molecule has 0 fully saturated rings. The minimum atomic E-state index is 0.632. The van der Waals surface area contributed by atoms with Gasteiger partial charge in [0, 0.05) is 6.21 Å². The third-order valence-corrected chi connectivity index (χ3v) is 1.14. The van der Waals surface area contributed by atoms with Crippen LogP contribution in [-0.4, -0.2) is 6.21 Å². The Morgan fingerprint density at radius 2 is 1.28 bits per heavy atom. The first-order valence-electron chi connectivity index (χ1n) is 6.54. The van der Waals surface area contributed by atoms with Gasteiger partial charge in [0.05, 0.1) is 5.70 Å². The van der Waals surface area contributed by atoms with Gasteiger partial charge in [0.15, 0.2) is 0 Å². The van der Waals surface area contributed by atoms with Crippen LogP contribution in [0, 0.1) is 0 Å². The lowest BCUT2D eigenvalue weighted by atomic mass is 10.2. The van der Waals surface area contributed by atoms with E-state index >= 15 is 0 Å². The highest BCUT2D eigenvalue weighted by atomic mass is 14.7. The minimum Gasteiger partial charge on any atom is -0.257 e. The Hall–Kier alpha value is -1.63. The van der Waals surface area contributed by atoms with Gasteiger partial charge in [-0.05, 0) is 5.57 Å². The summed E-state index contributed by atoms with van der Waals surface area (Å²) in [7, 11) is 0. The molecule has 0 saturated heterocycles. The molecule has 0 aliphatic carbocycles. The predicted octanol–water partition coefficient (Wildman–Crippen LogP) is 6.13. The molecule has 0 aliphatic heterocycles. The van der Waals surface area contributed by atoms with Gasteiger partial charge in [-0.25, -0.2) is 0 Å². The molecular weight excluding hydrogens is 218 g/mol. The fourth-order valence-electron chi connectivity index (χ4n) is 0.506. The fraction of sp³-hybridized carbons (Fsp3) is 0.353. The maximum atomic E-state index is 3.97. The molecule has 0 heterocycles. The fourth-order valence-corrected chi connectivity index (χ4v) is 0.506. The van der Waals surface area contributed by atoms with Gasteiger partial charge < -0.3 is 0 Å². The summed E-state index contributed by atoms with van der Waals surface area (Å²) in [5.74, 6) is 0. The lowest BCUT2D eigenvalue weighted by Gasteiger charge is -1.95. The summed E-state index contributed by atoms with van der Waals surface area (Å²) in [6.07, 6.45) is 8.44. The third kappa shape index (κ3) is 23.9. The molecule has 0 bridgehead atoms. The monoisotopic (exact) mass is 249 g/mol. The van der Waals surface area contributed by atoms with Crippen LogP contribution in [0.5, 0.6) is 0 Å². The minimum absolute atomic E-state index is 0.632. The SMILES string of the molecule is C=CC=NC(=C)C(=C)/C=C\C=C.CC.CC.CC. The summed E-state index contributed by atoms with van der Waals surface area (Å²) in [4.78, 5) is 3.97. The molecule has 0 rings (SSSR count). The van der Waals surface area contributed by atoms with Gasteiger partial charge in [-0.1, -0.05) is 92.2 Å². The molecule has 104 valence electrons. The summed E-state index contributed by atoms with van der Waals surface area (Å²) >= 11 is 0. The van der Waals surface area contributed by atoms with Crippen LogP contribution in [0.15, 0.2) is 66.9 Å². The first kappa shape index (κ1) is 25.3. The van der Waals surface area contributed by atoms with E-state index < -0.39 is 0 Å². The van der Waals surface area contributed by atoms with Crippen molar-refractivity contribution in [2.75, 3.05) is 0 Å². The van der Waals surface area contributed by atoms with Gasteiger partial charge in [-0.2, -0.15) is 0 Å². The van der Waals surface area contributed by atoms with Crippen molar-refractivity contribution in [3.8, 4) is 0 Å². The standard InChI is InChI=1S/C11H13N.3C2H6/c1-5-7-8-10(3)11(4)12-9-6-2;3*1-2/h5-9H,1-4H2;3*1-2H3/b8-7-,12-9?;;;. The maximum absolute atomic E-state index is 3.97.